The van der Waals surface area contributed by atoms with Gasteiger partial charge >= 0.3 is 0 Å². The molecule has 26 heavy (non-hydrogen) atoms. The molecule has 1 saturated heterocycles. The normalized spacial score (nSPS) is 15.3. The molecular weight excluding hydrogens is 330 g/mol. The summed E-state index contributed by atoms with van der Waals surface area (Å²) in [5.41, 5.74) is 1.49. The summed E-state index contributed by atoms with van der Waals surface area (Å²) in [7, 11) is 0. The minimum Gasteiger partial charge on any atom is -0.491 e. The van der Waals surface area contributed by atoms with Gasteiger partial charge in [-0.15, -0.1) is 0 Å². The van der Waals surface area contributed by atoms with E-state index in [1.165, 1.54) is 17.8 Å². The average Bonchev–Trinajstić information content (AvgIpc) is 2.64. The second-order valence-electron chi connectivity index (χ2n) is 6.78. The van der Waals surface area contributed by atoms with E-state index in [2.05, 4.69) is 16.0 Å². The number of amides is 1. The van der Waals surface area contributed by atoms with Gasteiger partial charge in [0.1, 0.15) is 5.75 Å². The zero-order valence-corrected chi connectivity index (χ0v) is 15.3. The largest absolute Gasteiger partial charge is 0.491 e. The van der Waals surface area contributed by atoms with Gasteiger partial charge in [0.15, 0.2) is 0 Å². The standard InChI is InChI=1S/C20H25N3O3/c1-15(2)26-18-6-4-3-5-17(18)14-22-9-11-23(12-10-22)20(25)16-7-8-19(24)21-13-16/h3-8,13,15H,9-12,14H2,1-2H3,(H,21,24). The number of carbonyl (C=O) groups excluding carboxylic acids is 1. The lowest BCUT2D eigenvalue weighted by Gasteiger charge is -2.35. The SMILES string of the molecule is CC(C)Oc1ccccc1CN1CCN(C(=O)c2ccc(=O)[nH]c2)CC1. The minimum atomic E-state index is -0.200. The Morgan fingerprint density at radius 2 is 1.85 bits per heavy atom. The third-order valence-electron chi connectivity index (χ3n) is 4.42. The lowest BCUT2D eigenvalue weighted by Crippen LogP contribution is -2.48. The Hall–Kier alpha value is -2.60. The number of hydrogen-bond acceptors (Lipinski definition) is 4. The first-order valence-electron chi connectivity index (χ1n) is 8.98. The molecule has 6 nitrogen and oxygen atoms in total. The summed E-state index contributed by atoms with van der Waals surface area (Å²) < 4.78 is 5.89. The summed E-state index contributed by atoms with van der Waals surface area (Å²) in [6, 6.07) is 11.1. The molecule has 0 radical (unpaired) electrons. The van der Waals surface area contributed by atoms with Crippen molar-refractivity contribution in [1.82, 2.24) is 14.8 Å². The second kappa shape index (κ2) is 8.19. The molecule has 1 fully saturated rings. The van der Waals surface area contributed by atoms with Crippen LogP contribution in [-0.2, 0) is 6.54 Å². The monoisotopic (exact) mass is 355 g/mol. The number of benzene rings is 1. The molecule has 138 valence electrons. The molecule has 2 aromatic rings. The maximum absolute atomic E-state index is 12.5. The number of carbonyl (C=O) groups is 1. The molecular formula is C20H25N3O3. The van der Waals surface area contributed by atoms with Gasteiger partial charge in [-0.1, -0.05) is 18.2 Å². The third kappa shape index (κ3) is 4.52. The molecule has 0 bridgehead atoms. The van der Waals surface area contributed by atoms with Crippen molar-refractivity contribution in [3.05, 3.63) is 64.1 Å². The maximum atomic E-state index is 12.5. The van der Waals surface area contributed by atoms with Crippen molar-refractivity contribution < 1.29 is 9.53 Å². The highest BCUT2D eigenvalue weighted by molar-refractivity contribution is 5.93. The highest BCUT2D eigenvalue weighted by atomic mass is 16.5. The molecule has 6 heteroatoms. The van der Waals surface area contributed by atoms with Crippen molar-refractivity contribution in [2.24, 2.45) is 0 Å². The molecule has 0 spiro atoms. The Bertz CT molecular complexity index is 787. The lowest BCUT2D eigenvalue weighted by atomic mass is 10.1. The number of aromatic nitrogens is 1. The molecule has 0 aliphatic carbocycles. The topological polar surface area (TPSA) is 65.6 Å². The van der Waals surface area contributed by atoms with Gasteiger partial charge in [0.05, 0.1) is 11.7 Å². The van der Waals surface area contributed by atoms with E-state index in [9.17, 15) is 9.59 Å². The van der Waals surface area contributed by atoms with Crippen LogP contribution in [0.25, 0.3) is 0 Å². The fourth-order valence-corrected chi connectivity index (χ4v) is 3.08. The number of rotatable bonds is 5. The molecule has 1 aromatic heterocycles. The number of H-pyrrole nitrogens is 1. The van der Waals surface area contributed by atoms with E-state index < -0.39 is 0 Å². The summed E-state index contributed by atoms with van der Waals surface area (Å²) in [5.74, 6) is 0.888. The summed E-state index contributed by atoms with van der Waals surface area (Å²) in [6.07, 6.45) is 1.62. The first kappa shape index (κ1) is 18.2. The third-order valence-corrected chi connectivity index (χ3v) is 4.42. The van der Waals surface area contributed by atoms with E-state index >= 15 is 0 Å². The summed E-state index contributed by atoms with van der Waals surface area (Å²) in [5, 5.41) is 0. The van der Waals surface area contributed by atoms with Crippen molar-refractivity contribution >= 4 is 5.91 Å². The number of para-hydroxylation sites is 1. The number of hydrogen-bond donors (Lipinski definition) is 1. The number of nitrogens with zero attached hydrogens (tertiary/aromatic N) is 2. The first-order chi connectivity index (χ1) is 12.5. The molecule has 0 saturated carbocycles. The van der Waals surface area contributed by atoms with E-state index in [4.69, 9.17) is 4.74 Å². The molecule has 0 unspecified atom stereocenters. The first-order valence-corrected chi connectivity index (χ1v) is 8.98. The van der Waals surface area contributed by atoms with Crippen molar-refractivity contribution in [2.45, 2.75) is 26.5 Å². The zero-order valence-electron chi connectivity index (χ0n) is 15.3. The summed E-state index contributed by atoms with van der Waals surface area (Å²) >= 11 is 0. The van der Waals surface area contributed by atoms with Crippen LogP contribution < -0.4 is 10.3 Å². The van der Waals surface area contributed by atoms with Crippen LogP contribution in [0.3, 0.4) is 0 Å². The van der Waals surface area contributed by atoms with E-state index in [1.807, 2.05) is 36.9 Å². The van der Waals surface area contributed by atoms with Crippen molar-refractivity contribution in [2.75, 3.05) is 26.2 Å². The van der Waals surface area contributed by atoms with Gasteiger partial charge in [-0.25, -0.2) is 0 Å². The van der Waals surface area contributed by atoms with Crippen LogP contribution in [0.4, 0.5) is 0 Å². The van der Waals surface area contributed by atoms with Crippen molar-refractivity contribution in [1.29, 1.82) is 0 Å². The van der Waals surface area contributed by atoms with Crippen LogP contribution >= 0.6 is 0 Å². The molecule has 2 heterocycles. The predicted octanol–water partition coefficient (Wildman–Crippen LogP) is 2.12. The molecule has 1 aliphatic heterocycles. The summed E-state index contributed by atoms with van der Waals surface area (Å²) in [4.78, 5) is 30.4. The molecule has 1 aliphatic rings. The van der Waals surface area contributed by atoms with Crippen LogP contribution in [0.1, 0.15) is 29.8 Å². The minimum absolute atomic E-state index is 0.0376. The number of nitrogens with one attached hydrogen (secondary N) is 1. The van der Waals surface area contributed by atoms with E-state index in [0.717, 1.165) is 25.4 Å². The second-order valence-corrected chi connectivity index (χ2v) is 6.78. The highest BCUT2D eigenvalue weighted by Gasteiger charge is 2.23. The smallest absolute Gasteiger partial charge is 0.255 e. The average molecular weight is 355 g/mol. The molecule has 1 amide bonds. The van der Waals surface area contributed by atoms with Crippen molar-refractivity contribution in [3.8, 4) is 5.75 Å². The molecule has 0 atom stereocenters. The quantitative estimate of drug-likeness (QED) is 0.892. The van der Waals surface area contributed by atoms with Crippen LogP contribution in [0.5, 0.6) is 5.75 Å². The lowest BCUT2D eigenvalue weighted by molar-refractivity contribution is 0.0626. The van der Waals surface area contributed by atoms with Crippen LogP contribution in [0.2, 0.25) is 0 Å². The van der Waals surface area contributed by atoms with Crippen LogP contribution in [-0.4, -0.2) is 53.0 Å². The van der Waals surface area contributed by atoms with Gasteiger partial charge in [-0.3, -0.25) is 14.5 Å². The van der Waals surface area contributed by atoms with Crippen molar-refractivity contribution in [3.63, 3.8) is 0 Å². The molecule has 1 N–H and O–H groups in total. The van der Waals surface area contributed by atoms with Gasteiger partial charge < -0.3 is 14.6 Å². The van der Waals surface area contributed by atoms with Crippen LogP contribution in [0.15, 0.2) is 47.4 Å². The number of aromatic amines is 1. The molecule has 1 aromatic carbocycles. The number of piperazine rings is 1. The zero-order chi connectivity index (χ0) is 18.5. The molecule has 3 rings (SSSR count). The summed E-state index contributed by atoms with van der Waals surface area (Å²) in [6.45, 7) is 7.83. The van der Waals surface area contributed by atoms with Gasteiger partial charge in [0.25, 0.3) is 5.91 Å². The van der Waals surface area contributed by atoms with Gasteiger partial charge in [-0.05, 0) is 26.0 Å². The Morgan fingerprint density at radius 1 is 1.12 bits per heavy atom. The number of ether oxygens (including phenoxy) is 1. The predicted molar refractivity (Wildman–Crippen MR) is 100 cm³/mol. The highest BCUT2D eigenvalue weighted by Crippen LogP contribution is 2.22. The van der Waals surface area contributed by atoms with Crippen LogP contribution in [0, 0.1) is 0 Å². The van der Waals surface area contributed by atoms with Gasteiger partial charge in [-0.2, -0.15) is 0 Å². The van der Waals surface area contributed by atoms with E-state index in [0.29, 0.717) is 18.7 Å². The fourth-order valence-electron chi connectivity index (χ4n) is 3.08. The Labute approximate surface area is 153 Å². The maximum Gasteiger partial charge on any atom is 0.255 e. The Kier molecular flexibility index (Phi) is 5.73. The number of pyridine rings is 1. The van der Waals surface area contributed by atoms with E-state index in [-0.39, 0.29) is 17.6 Å². The Balaban J connectivity index is 1.58. The fraction of sp³-hybridized carbons (Fsp3) is 0.400. The Morgan fingerprint density at radius 3 is 2.50 bits per heavy atom. The van der Waals surface area contributed by atoms with Gasteiger partial charge in [0, 0.05) is 50.6 Å². The van der Waals surface area contributed by atoms with Gasteiger partial charge in [0.2, 0.25) is 5.56 Å². The van der Waals surface area contributed by atoms with E-state index in [1.54, 1.807) is 6.07 Å².